The van der Waals surface area contributed by atoms with Gasteiger partial charge in [0, 0.05) is 11.0 Å². The number of methoxy groups -OCH3 is 1. The van der Waals surface area contributed by atoms with Crippen molar-refractivity contribution in [1.82, 2.24) is 0 Å². The highest BCUT2D eigenvalue weighted by Gasteiger charge is 2.34. The number of benzene rings is 1. The van der Waals surface area contributed by atoms with Gasteiger partial charge in [-0.2, -0.15) is 0 Å². The van der Waals surface area contributed by atoms with Gasteiger partial charge in [-0.15, -0.1) is 11.3 Å². The molecule has 1 aromatic carbocycles. The Hall–Kier alpha value is -2.80. The molecular weight excluding hydrogens is 462 g/mol. The number of carbonyl (C=O) groups is 2. The van der Waals surface area contributed by atoms with Gasteiger partial charge in [-0.1, -0.05) is 33.8 Å². The molecular formula is C28H37NO5S. The summed E-state index contributed by atoms with van der Waals surface area (Å²) < 4.78 is 16.4. The summed E-state index contributed by atoms with van der Waals surface area (Å²) in [5, 5.41) is 3.50. The highest BCUT2D eigenvalue weighted by atomic mass is 32.1. The SMILES string of the molecule is CCCOc1ccc(/C=C/C(=O)Nc2sc3c(c2C(=O)OCC)CCC(C(C)(C)C)C3)cc1OC. The van der Waals surface area contributed by atoms with E-state index in [1.807, 2.05) is 25.1 Å². The summed E-state index contributed by atoms with van der Waals surface area (Å²) in [6.07, 6.45) is 6.84. The van der Waals surface area contributed by atoms with Crippen molar-refractivity contribution in [3.63, 3.8) is 0 Å². The predicted molar refractivity (Wildman–Crippen MR) is 142 cm³/mol. The standard InChI is InChI=1S/C28H37NO5S/c1-7-15-34-21-13-9-18(16-22(21)32-6)10-14-24(30)29-26-25(27(31)33-8-2)20-12-11-19(28(3,4)5)17-23(20)35-26/h9-10,13-14,16,19H,7-8,11-12,15,17H2,1-6H3,(H,29,30)/b14-10+. The van der Waals surface area contributed by atoms with E-state index in [0.717, 1.165) is 36.8 Å². The number of ether oxygens (including phenoxy) is 3. The Kier molecular flexibility index (Phi) is 9.00. The zero-order valence-electron chi connectivity index (χ0n) is 21.7. The summed E-state index contributed by atoms with van der Waals surface area (Å²) in [7, 11) is 1.59. The van der Waals surface area contributed by atoms with Gasteiger partial charge in [-0.05, 0) is 73.3 Å². The monoisotopic (exact) mass is 499 g/mol. The molecule has 0 spiro atoms. The summed E-state index contributed by atoms with van der Waals surface area (Å²) >= 11 is 1.50. The first kappa shape index (κ1) is 26.8. The maximum Gasteiger partial charge on any atom is 0.341 e. The molecule has 0 fully saturated rings. The molecule has 1 atom stereocenters. The summed E-state index contributed by atoms with van der Waals surface area (Å²) in [6, 6.07) is 5.54. The average molecular weight is 500 g/mol. The summed E-state index contributed by atoms with van der Waals surface area (Å²) in [5.74, 6) is 1.15. The van der Waals surface area contributed by atoms with Crippen molar-refractivity contribution in [3.05, 3.63) is 45.8 Å². The molecule has 0 saturated heterocycles. The predicted octanol–water partition coefficient (Wildman–Crippen LogP) is 6.53. The van der Waals surface area contributed by atoms with E-state index in [1.165, 1.54) is 22.3 Å². The molecule has 6 nitrogen and oxygen atoms in total. The molecule has 1 heterocycles. The van der Waals surface area contributed by atoms with Gasteiger partial charge in [-0.3, -0.25) is 4.79 Å². The van der Waals surface area contributed by atoms with Crippen molar-refractivity contribution < 1.29 is 23.8 Å². The molecule has 1 amide bonds. The largest absolute Gasteiger partial charge is 0.493 e. The molecule has 2 aromatic rings. The van der Waals surface area contributed by atoms with Crippen LogP contribution >= 0.6 is 11.3 Å². The Morgan fingerprint density at radius 1 is 1.20 bits per heavy atom. The van der Waals surface area contributed by atoms with Crippen LogP contribution in [0.5, 0.6) is 11.5 Å². The molecule has 1 N–H and O–H groups in total. The summed E-state index contributed by atoms with van der Waals surface area (Å²) in [6.45, 7) is 11.5. The van der Waals surface area contributed by atoms with Crippen LogP contribution in [0, 0.1) is 11.3 Å². The molecule has 3 rings (SSSR count). The quantitative estimate of drug-likeness (QED) is 0.314. The molecule has 0 radical (unpaired) electrons. The number of nitrogens with one attached hydrogen (secondary N) is 1. The van der Waals surface area contributed by atoms with E-state index in [4.69, 9.17) is 14.2 Å². The van der Waals surface area contributed by atoms with Crippen LogP contribution in [0.1, 0.15) is 73.8 Å². The van der Waals surface area contributed by atoms with E-state index in [9.17, 15) is 9.59 Å². The lowest BCUT2D eigenvalue weighted by Crippen LogP contribution is -2.26. The van der Waals surface area contributed by atoms with Gasteiger partial charge in [0.1, 0.15) is 5.00 Å². The Morgan fingerprint density at radius 2 is 1.97 bits per heavy atom. The Bertz CT molecular complexity index is 1080. The van der Waals surface area contributed by atoms with Gasteiger partial charge in [0.2, 0.25) is 5.91 Å². The van der Waals surface area contributed by atoms with Crippen LogP contribution in [0.15, 0.2) is 24.3 Å². The zero-order valence-corrected chi connectivity index (χ0v) is 22.5. The van der Waals surface area contributed by atoms with Gasteiger partial charge >= 0.3 is 5.97 Å². The number of rotatable bonds is 9. The van der Waals surface area contributed by atoms with Crippen LogP contribution < -0.4 is 14.8 Å². The van der Waals surface area contributed by atoms with Gasteiger partial charge in [0.25, 0.3) is 0 Å². The van der Waals surface area contributed by atoms with E-state index in [-0.39, 0.29) is 17.3 Å². The summed E-state index contributed by atoms with van der Waals surface area (Å²) in [4.78, 5) is 26.8. The van der Waals surface area contributed by atoms with Crippen LogP contribution in [-0.4, -0.2) is 32.2 Å². The minimum Gasteiger partial charge on any atom is -0.493 e. The molecule has 1 unspecified atom stereocenters. The fourth-order valence-corrected chi connectivity index (χ4v) is 5.60. The van der Waals surface area contributed by atoms with Crippen LogP contribution in [0.25, 0.3) is 6.08 Å². The van der Waals surface area contributed by atoms with E-state index in [0.29, 0.717) is 41.2 Å². The van der Waals surface area contributed by atoms with Crippen LogP contribution in [0.3, 0.4) is 0 Å². The fraction of sp³-hybridized carbons (Fsp3) is 0.500. The topological polar surface area (TPSA) is 73.9 Å². The van der Waals surface area contributed by atoms with Crippen molar-refractivity contribution in [2.24, 2.45) is 11.3 Å². The number of hydrogen-bond donors (Lipinski definition) is 1. The van der Waals surface area contributed by atoms with Crippen LogP contribution in [0.4, 0.5) is 5.00 Å². The third-order valence-corrected chi connectivity index (χ3v) is 7.45. The second-order valence-corrected chi connectivity index (χ2v) is 10.9. The molecule has 1 aliphatic rings. The molecule has 1 aliphatic carbocycles. The second-order valence-electron chi connectivity index (χ2n) is 9.82. The lowest BCUT2D eigenvalue weighted by molar-refractivity contribution is -0.111. The van der Waals surface area contributed by atoms with E-state index in [2.05, 4.69) is 26.1 Å². The molecule has 1 aromatic heterocycles. The fourth-order valence-electron chi connectivity index (χ4n) is 4.28. The molecule has 0 saturated carbocycles. The maximum absolute atomic E-state index is 12.8. The second kappa shape index (κ2) is 11.8. The van der Waals surface area contributed by atoms with Gasteiger partial charge in [0.05, 0.1) is 25.9 Å². The van der Waals surface area contributed by atoms with Gasteiger partial charge in [-0.25, -0.2) is 4.79 Å². The molecule has 0 bridgehead atoms. The van der Waals surface area contributed by atoms with Gasteiger partial charge in [0.15, 0.2) is 11.5 Å². The first-order valence-electron chi connectivity index (χ1n) is 12.3. The minimum absolute atomic E-state index is 0.191. The van der Waals surface area contributed by atoms with Crippen molar-refractivity contribution in [3.8, 4) is 11.5 Å². The van der Waals surface area contributed by atoms with E-state index in [1.54, 1.807) is 20.1 Å². The maximum atomic E-state index is 12.8. The minimum atomic E-state index is -0.370. The number of anilines is 1. The molecule has 7 heteroatoms. The zero-order chi connectivity index (χ0) is 25.6. The van der Waals surface area contributed by atoms with Crippen LogP contribution in [-0.2, 0) is 22.4 Å². The van der Waals surface area contributed by atoms with Crippen molar-refractivity contribution in [2.45, 2.75) is 60.3 Å². The lowest BCUT2D eigenvalue weighted by atomic mass is 9.72. The number of esters is 1. The highest BCUT2D eigenvalue weighted by Crippen LogP contribution is 2.44. The number of amides is 1. The third kappa shape index (κ3) is 6.66. The van der Waals surface area contributed by atoms with Crippen LogP contribution in [0.2, 0.25) is 0 Å². The summed E-state index contributed by atoms with van der Waals surface area (Å²) in [5.41, 5.74) is 2.54. The Labute approximate surface area is 212 Å². The molecule has 0 aliphatic heterocycles. The Balaban J connectivity index is 1.80. The highest BCUT2D eigenvalue weighted by molar-refractivity contribution is 7.17. The number of hydrogen-bond acceptors (Lipinski definition) is 6. The third-order valence-electron chi connectivity index (χ3n) is 6.28. The molecule has 190 valence electrons. The smallest absolute Gasteiger partial charge is 0.341 e. The van der Waals surface area contributed by atoms with Crippen molar-refractivity contribution in [2.75, 3.05) is 25.6 Å². The first-order valence-corrected chi connectivity index (χ1v) is 13.1. The van der Waals surface area contributed by atoms with Gasteiger partial charge < -0.3 is 19.5 Å². The first-order chi connectivity index (χ1) is 16.7. The number of thiophene rings is 1. The van der Waals surface area contributed by atoms with Crippen molar-refractivity contribution >= 4 is 34.3 Å². The normalized spacial score (nSPS) is 15.5. The lowest BCUT2D eigenvalue weighted by Gasteiger charge is -2.33. The number of carbonyl (C=O) groups excluding carboxylic acids is 2. The van der Waals surface area contributed by atoms with E-state index < -0.39 is 0 Å². The van der Waals surface area contributed by atoms with Crippen molar-refractivity contribution in [1.29, 1.82) is 0 Å². The van der Waals surface area contributed by atoms with E-state index >= 15 is 0 Å². The molecule has 35 heavy (non-hydrogen) atoms. The average Bonchev–Trinajstić information content (AvgIpc) is 3.18. The Morgan fingerprint density at radius 3 is 2.63 bits per heavy atom. The number of fused-ring (bicyclic) bond motifs is 1.